The summed E-state index contributed by atoms with van der Waals surface area (Å²) in [6.45, 7) is 0. The average Bonchev–Trinajstić information content (AvgIpc) is 2.99. The van der Waals surface area contributed by atoms with Gasteiger partial charge in [-0.15, -0.1) is 0 Å². The average molecular weight is 270 g/mol. The van der Waals surface area contributed by atoms with Crippen molar-refractivity contribution in [3.05, 3.63) is 66.2 Å². The minimum absolute atomic E-state index is 0.575. The van der Waals surface area contributed by atoms with Crippen molar-refractivity contribution in [1.82, 2.24) is 4.98 Å². The number of hydrogen-bond donors (Lipinski definition) is 0. The fourth-order valence-corrected chi connectivity index (χ4v) is 2.47. The van der Waals surface area contributed by atoms with Gasteiger partial charge in [-0.3, -0.25) is 0 Å². The van der Waals surface area contributed by atoms with Crippen LogP contribution in [0.4, 0.5) is 0 Å². The molecule has 4 rings (SSSR count). The van der Waals surface area contributed by atoms with Crippen LogP contribution >= 0.6 is 0 Å². The standard InChI is InChI=1S/C18H10N2O/c19-11-12-5-7-14(8-6-12)18-20-17-15-4-2-1-3-13(15)9-10-16(17)21-18/h1-10H. The lowest BCUT2D eigenvalue weighted by molar-refractivity contribution is 0.620. The second-order valence-corrected chi connectivity index (χ2v) is 4.84. The van der Waals surface area contributed by atoms with Crippen LogP contribution in [0.3, 0.4) is 0 Å². The predicted octanol–water partition coefficient (Wildman–Crippen LogP) is 4.52. The predicted molar refractivity (Wildman–Crippen MR) is 81.7 cm³/mol. The molecule has 3 nitrogen and oxygen atoms in total. The molecule has 0 saturated carbocycles. The van der Waals surface area contributed by atoms with Crippen molar-refractivity contribution in [3.63, 3.8) is 0 Å². The van der Waals surface area contributed by atoms with E-state index in [1.807, 2.05) is 42.5 Å². The summed E-state index contributed by atoms with van der Waals surface area (Å²) in [7, 11) is 0. The highest BCUT2D eigenvalue weighted by Gasteiger charge is 2.10. The van der Waals surface area contributed by atoms with Crippen LogP contribution in [-0.2, 0) is 0 Å². The monoisotopic (exact) mass is 270 g/mol. The number of oxazole rings is 1. The van der Waals surface area contributed by atoms with Crippen LogP contribution < -0.4 is 0 Å². The fourth-order valence-electron chi connectivity index (χ4n) is 2.47. The highest BCUT2D eigenvalue weighted by atomic mass is 16.3. The number of aromatic nitrogens is 1. The Morgan fingerprint density at radius 1 is 0.905 bits per heavy atom. The maximum atomic E-state index is 8.84. The lowest BCUT2D eigenvalue weighted by Gasteiger charge is -1.95. The Labute approximate surface area is 121 Å². The molecule has 0 bridgehead atoms. The van der Waals surface area contributed by atoms with Crippen molar-refractivity contribution in [3.8, 4) is 17.5 Å². The van der Waals surface area contributed by atoms with Gasteiger partial charge in [-0.05, 0) is 35.7 Å². The largest absolute Gasteiger partial charge is 0.436 e. The summed E-state index contributed by atoms with van der Waals surface area (Å²) in [5, 5.41) is 11.1. The zero-order valence-corrected chi connectivity index (χ0v) is 11.1. The molecule has 21 heavy (non-hydrogen) atoms. The van der Waals surface area contributed by atoms with Crippen LogP contribution in [0.15, 0.2) is 65.1 Å². The lowest BCUT2D eigenvalue weighted by Crippen LogP contribution is -1.79. The van der Waals surface area contributed by atoms with Crippen LogP contribution in [0.5, 0.6) is 0 Å². The zero-order valence-electron chi connectivity index (χ0n) is 11.1. The smallest absolute Gasteiger partial charge is 0.227 e. The van der Waals surface area contributed by atoms with Gasteiger partial charge in [0, 0.05) is 10.9 Å². The third-order valence-corrected chi connectivity index (χ3v) is 3.54. The Bertz CT molecular complexity index is 991. The van der Waals surface area contributed by atoms with Crippen molar-refractivity contribution >= 4 is 21.9 Å². The molecular formula is C18H10N2O. The summed E-state index contributed by atoms with van der Waals surface area (Å²) in [5.41, 5.74) is 3.13. The summed E-state index contributed by atoms with van der Waals surface area (Å²) < 4.78 is 5.84. The Kier molecular flexibility index (Phi) is 2.48. The Balaban J connectivity index is 1.94. The molecule has 0 fully saturated rings. The van der Waals surface area contributed by atoms with Gasteiger partial charge in [-0.2, -0.15) is 5.26 Å². The van der Waals surface area contributed by atoms with Gasteiger partial charge in [0.25, 0.3) is 0 Å². The van der Waals surface area contributed by atoms with E-state index in [4.69, 9.17) is 9.68 Å². The minimum atomic E-state index is 0.575. The molecule has 0 aliphatic rings. The van der Waals surface area contributed by atoms with Crippen molar-refractivity contribution < 1.29 is 4.42 Å². The number of rotatable bonds is 1. The van der Waals surface area contributed by atoms with Gasteiger partial charge in [0.2, 0.25) is 5.89 Å². The van der Waals surface area contributed by atoms with E-state index in [1.54, 1.807) is 12.1 Å². The Hall–Kier alpha value is -3.12. The number of hydrogen-bond acceptors (Lipinski definition) is 3. The molecular weight excluding hydrogens is 260 g/mol. The fraction of sp³-hybridized carbons (Fsp3) is 0. The van der Waals surface area contributed by atoms with Crippen molar-refractivity contribution in [2.24, 2.45) is 0 Å². The maximum Gasteiger partial charge on any atom is 0.227 e. The van der Waals surface area contributed by atoms with Gasteiger partial charge in [0.15, 0.2) is 5.58 Å². The first kappa shape index (κ1) is 11.7. The molecule has 3 aromatic carbocycles. The van der Waals surface area contributed by atoms with Gasteiger partial charge >= 0.3 is 0 Å². The van der Waals surface area contributed by atoms with E-state index in [1.165, 1.54) is 0 Å². The topological polar surface area (TPSA) is 49.8 Å². The molecule has 98 valence electrons. The van der Waals surface area contributed by atoms with Gasteiger partial charge in [-0.25, -0.2) is 4.98 Å². The molecule has 1 heterocycles. The van der Waals surface area contributed by atoms with E-state index in [0.717, 1.165) is 27.4 Å². The Morgan fingerprint density at radius 3 is 2.52 bits per heavy atom. The lowest BCUT2D eigenvalue weighted by atomic mass is 10.1. The molecule has 0 aliphatic heterocycles. The highest BCUT2D eigenvalue weighted by molar-refractivity contribution is 6.03. The maximum absolute atomic E-state index is 8.84. The molecule has 0 saturated heterocycles. The van der Waals surface area contributed by atoms with Gasteiger partial charge in [0.1, 0.15) is 5.52 Å². The molecule has 0 amide bonds. The zero-order chi connectivity index (χ0) is 14.2. The second-order valence-electron chi connectivity index (χ2n) is 4.84. The van der Waals surface area contributed by atoms with E-state index in [9.17, 15) is 0 Å². The normalized spacial score (nSPS) is 10.8. The van der Waals surface area contributed by atoms with Crippen molar-refractivity contribution in [2.45, 2.75) is 0 Å². The Morgan fingerprint density at radius 2 is 1.71 bits per heavy atom. The van der Waals surface area contributed by atoms with Crippen LogP contribution in [0.25, 0.3) is 33.3 Å². The van der Waals surface area contributed by atoms with E-state index >= 15 is 0 Å². The number of benzene rings is 3. The molecule has 1 aromatic heterocycles. The van der Waals surface area contributed by atoms with Crippen molar-refractivity contribution in [2.75, 3.05) is 0 Å². The van der Waals surface area contributed by atoms with Crippen LogP contribution in [0.1, 0.15) is 5.56 Å². The second kappa shape index (κ2) is 4.46. The van der Waals surface area contributed by atoms with Gasteiger partial charge in [0.05, 0.1) is 11.6 Å². The van der Waals surface area contributed by atoms with Gasteiger partial charge in [-0.1, -0.05) is 30.3 Å². The summed E-state index contributed by atoms with van der Waals surface area (Å²) in [5.74, 6) is 0.575. The molecule has 4 aromatic rings. The van der Waals surface area contributed by atoms with Crippen LogP contribution in [-0.4, -0.2) is 4.98 Å². The van der Waals surface area contributed by atoms with E-state index in [2.05, 4.69) is 17.1 Å². The quantitative estimate of drug-likeness (QED) is 0.511. The SMILES string of the molecule is N#Cc1ccc(-c2nc3c(ccc4ccccc43)o2)cc1. The summed E-state index contributed by atoms with van der Waals surface area (Å²) in [6, 6.07) is 21.4. The molecule has 0 radical (unpaired) electrons. The van der Waals surface area contributed by atoms with Crippen LogP contribution in [0.2, 0.25) is 0 Å². The van der Waals surface area contributed by atoms with E-state index in [-0.39, 0.29) is 0 Å². The molecule has 0 N–H and O–H groups in total. The third kappa shape index (κ3) is 1.86. The molecule has 0 unspecified atom stereocenters. The van der Waals surface area contributed by atoms with E-state index < -0.39 is 0 Å². The van der Waals surface area contributed by atoms with Crippen molar-refractivity contribution in [1.29, 1.82) is 5.26 Å². The number of nitriles is 1. The molecule has 0 spiro atoms. The van der Waals surface area contributed by atoms with E-state index in [0.29, 0.717) is 11.5 Å². The number of fused-ring (bicyclic) bond motifs is 3. The molecule has 3 heteroatoms. The first-order valence-corrected chi connectivity index (χ1v) is 6.64. The molecule has 0 atom stereocenters. The summed E-state index contributed by atoms with van der Waals surface area (Å²) in [6.07, 6.45) is 0. The summed E-state index contributed by atoms with van der Waals surface area (Å²) >= 11 is 0. The van der Waals surface area contributed by atoms with Crippen LogP contribution in [0, 0.1) is 11.3 Å². The number of nitrogens with zero attached hydrogens (tertiary/aromatic N) is 2. The molecule has 0 aliphatic carbocycles. The highest BCUT2D eigenvalue weighted by Crippen LogP contribution is 2.29. The van der Waals surface area contributed by atoms with Gasteiger partial charge < -0.3 is 4.42 Å². The first-order valence-electron chi connectivity index (χ1n) is 6.64. The minimum Gasteiger partial charge on any atom is -0.436 e. The third-order valence-electron chi connectivity index (χ3n) is 3.54. The first-order chi connectivity index (χ1) is 10.3. The summed E-state index contributed by atoms with van der Waals surface area (Å²) in [4.78, 5) is 4.62.